The zero-order valence-electron chi connectivity index (χ0n) is 22.6. The van der Waals surface area contributed by atoms with Crippen LogP contribution in [0.2, 0.25) is 0 Å². The highest BCUT2D eigenvalue weighted by molar-refractivity contribution is 7.26. The number of para-hydroxylation sites is 1. The molecule has 0 saturated carbocycles. The van der Waals surface area contributed by atoms with Crippen molar-refractivity contribution < 1.29 is 0 Å². The number of rotatable bonds is 3. The Bertz CT molecular complexity index is 1990. The molecule has 3 heterocycles. The largest absolute Gasteiger partial charge is 0.291 e. The number of hydrogen-bond acceptors (Lipinski definition) is 3. The van der Waals surface area contributed by atoms with Gasteiger partial charge in [-0.3, -0.25) is 4.57 Å². The highest BCUT2D eigenvalue weighted by Gasteiger charge is 2.22. The first-order chi connectivity index (χ1) is 18.9. The monoisotopic (exact) mass is 523 g/mol. The van der Waals surface area contributed by atoms with Crippen molar-refractivity contribution in [3.63, 3.8) is 0 Å². The number of thiophene rings is 1. The molecule has 0 radical (unpaired) electrons. The smallest absolute Gasteiger partial charge is 0.178 e. The first kappa shape index (κ1) is 23.8. The highest BCUT2D eigenvalue weighted by Crippen LogP contribution is 2.43. The van der Waals surface area contributed by atoms with Crippen LogP contribution in [-0.4, -0.2) is 14.5 Å². The van der Waals surface area contributed by atoms with Crippen LogP contribution in [0.15, 0.2) is 103 Å². The number of fused-ring (bicyclic) bond motifs is 4. The van der Waals surface area contributed by atoms with Crippen LogP contribution in [0.3, 0.4) is 0 Å². The summed E-state index contributed by atoms with van der Waals surface area (Å²) in [6.07, 6.45) is 0. The molecule has 0 aliphatic rings. The molecule has 0 atom stereocenters. The molecule has 4 heteroatoms. The third-order valence-electron chi connectivity index (χ3n) is 7.48. The van der Waals surface area contributed by atoms with Crippen molar-refractivity contribution in [3.8, 4) is 28.2 Å². The van der Waals surface area contributed by atoms with Crippen LogP contribution in [-0.2, 0) is 5.41 Å². The van der Waals surface area contributed by atoms with Crippen LogP contribution in [0.5, 0.6) is 0 Å². The van der Waals surface area contributed by atoms with E-state index < -0.39 is 0 Å². The minimum absolute atomic E-state index is 0.0516. The molecule has 190 valence electrons. The van der Waals surface area contributed by atoms with Gasteiger partial charge < -0.3 is 0 Å². The standard InChI is InChI=1S/C35H29N3S/c1-22-15-17-27(32-31(22)26-18-16-24(21-29(26)39-32)23-11-7-5-8-12-23)34-37-33-28(19-20-30(36-33)35(2,3)4)38(34)25-13-9-6-10-14-25/h5-21H,1-4H3. The average Bonchev–Trinajstić information content (AvgIpc) is 3.52. The molecule has 39 heavy (non-hydrogen) atoms. The fourth-order valence-electron chi connectivity index (χ4n) is 5.43. The number of imidazole rings is 1. The topological polar surface area (TPSA) is 30.7 Å². The predicted molar refractivity (Wildman–Crippen MR) is 166 cm³/mol. The summed E-state index contributed by atoms with van der Waals surface area (Å²) in [5.74, 6) is 0.926. The first-order valence-electron chi connectivity index (χ1n) is 13.4. The van der Waals surface area contributed by atoms with E-state index >= 15 is 0 Å². The fourth-order valence-corrected chi connectivity index (χ4v) is 6.76. The molecule has 0 unspecified atom stereocenters. The molecular weight excluding hydrogens is 494 g/mol. The van der Waals surface area contributed by atoms with Crippen LogP contribution < -0.4 is 0 Å². The number of nitrogens with zero attached hydrogens (tertiary/aromatic N) is 3. The Balaban J connectivity index is 1.52. The summed E-state index contributed by atoms with van der Waals surface area (Å²) in [5, 5.41) is 2.60. The van der Waals surface area contributed by atoms with Crippen LogP contribution >= 0.6 is 11.3 Å². The Morgan fingerprint density at radius 3 is 2.21 bits per heavy atom. The Hall–Kier alpha value is -4.28. The van der Waals surface area contributed by atoms with Gasteiger partial charge in [-0.25, -0.2) is 9.97 Å². The third kappa shape index (κ3) is 3.95. The predicted octanol–water partition coefficient (Wildman–Crippen LogP) is 9.73. The second kappa shape index (κ2) is 8.89. The maximum Gasteiger partial charge on any atom is 0.178 e. The van der Waals surface area contributed by atoms with Crippen LogP contribution in [0.25, 0.3) is 59.5 Å². The second-order valence-electron chi connectivity index (χ2n) is 11.2. The lowest BCUT2D eigenvalue weighted by molar-refractivity contribution is 0.571. The van der Waals surface area contributed by atoms with Gasteiger partial charge in [0.1, 0.15) is 5.82 Å². The van der Waals surface area contributed by atoms with Crippen molar-refractivity contribution in [1.82, 2.24) is 14.5 Å². The van der Waals surface area contributed by atoms with Gasteiger partial charge in [-0.05, 0) is 60.0 Å². The lowest BCUT2D eigenvalue weighted by Gasteiger charge is -2.17. The minimum atomic E-state index is -0.0516. The Morgan fingerprint density at radius 2 is 1.46 bits per heavy atom. The van der Waals surface area contributed by atoms with Crippen LogP contribution in [0.4, 0.5) is 0 Å². The summed E-state index contributed by atoms with van der Waals surface area (Å²) in [4.78, 5) is 10.2. The fraction of sp³-hybridized carbons (Fsp3) is 0.143. The van der Waals surface area contributed by atoms with Crippen molar-refractivity contribution in [1.29, 1.82) is 0 Å². The second-order valence-corrected chi connectivity index (χ2v) is 12.3. The van der Waals surface area contributed by atoms with Crippen LogP contribution in [0.1, 0.15) is 32.0 Å². The number of aryl methyl sites for hydroxylation is 1. The summed E-state index contributed by atoms with van der Waals surface area (Å²) in [6, 6.07) is 36.7. The van der Waals surface area contributed by atoms with E-state index in [1.54, 1.807) is 0 Å². The number of pyridine rings is 1. The van der Waals surface area contributed by atoms with Gasteiger partial charge in [-0.15, -0.1) is 11.3 Å². The lowest BCUT2D eigenvalue weighted by atomic mass is 9.92. The van der Waals surface area contributed by atoms with E-state index in [1.165, 1.54) is 36.9 Å². The number of benzene rings is 4. The van der Waals surface area contributed by atoms with Gasteiger partial charge in [0.25, 0.3) is 0 Å². The SMILES string of the molecule is Cc1ccc(-c2nc3nc(C(C)(C)C)ccc3n2-c2ccccc2)c2sc3cc(-c4ccccc4)ccc3c12. The van der Waals surface area contributed by atoms with Crippen molar-refractivity contribution >= 4 is 42.7 Å². The van der Waals surface area contributed by atoms with Gasteiger partial charge in [0.15, 0.2) is 5.65 Å². The molecule has 7 aromatic rings. The van der Waals surface area contributed by atoms with Gasteiger partial charge in [0, 0.05) is 42.5 Å². The minimum Gasteiger partial charge on any atom is -0.291 e. The molecule has 0 spiro atoms. The molecule has 0 aliphatic carbocycles. The van der Waals surface area contributed by atoms with Crippen LogP contribution in [0, 0.1) is 6.92 Å². The quantitative estimate of drug-likeness (QED) is 0.231. The van der Waals surface area contributed by atoms with E-state index in [0.29, 0.717) is 0 Å². The maximum absolute atomic E-state index is 5.21. The molecule has 0 fully saturated rings. The summed E-state index contributed by atoms with van der Waals surface area (Å²) < 4.78 is 4.81. The average molecular weight is 524 g/mol. The third-order valence-corrected chi connectivity index (χ3v) is 8.66. The van der Waals surface area contributed by atoms with E-state index in [9.17, 15) is 0 Å². The zero-order chi connectivity index (χ0) is 26.7. The van der Waals surface area contributed by atoms with Crippen molar-refractivity contribution in [2.75, 3.05) is 0 Å². The molecule has 7 rings (SSSR count). The van der Waals surface area contributed by atoms with E-state index in [2.05, 4.69) is 135 Å². The summed E-state index contributed by atoms with van der Waals surface area (Å²) in [7, 11) is 0. The molecule has 0 saturated heterocycles. The van der Waals surface area contributed by atoms with Crippen molar-refractivity contribution in [3.05, 3.63) is 114 Å². The molecule has 0 bridgehead atoms. The first-order valence-corrected chi connectivity index (χ1v) is 14.2. The van der Waals surface area contributed by atoms with Gasteiger partial charge in [0.2, 0.25) is 0 Å². The molecule has 0 N–H and O–H groups in total. The zero-order valence-corrected chi connectivity index (χ0v) is 23.4. The normalized spacial score (nSPS) is 12.1. The lowest BCUT2D eigenvalue weighted by Crippen LogP contribution is -2.13. The maximum atomic E-state index is 5.21. The van der Waals surface area contributed by atoms with Gasteiger partial charge >= 0.3 is 0 Å². The van der Waals surface area contributed by atoms with Gasteiger partial charge in [-0.1, -0.05) is 87.5 Å². The number of hydrogen-bond donors (Lipinski definition) is 0. The van der Waals surface area contributed by atoms with Crippen molar-refractivity contribution in [2.24, 2.45) is 0 Å². The molecule has 0 amide bonds. The van der Waals surface area contributed by atoms with Crippen molar-refractivity contribution in [2.45, 2.75) is 33.1 Å². The molecule has 3 aromatic heterocycles. The Kier molecular flexibility index (Phi) is 5.43. The summed E-state index contributed by atoms with van der Waals surface area (Å²) in [5.41, 5.74) is 8.77. The van der Waals surface area contributed by atoms with Gasteiger partial charge in [-0.2, -0.15) is 0 Å². The Labute approximate surface area is 232 Å². The van der Waals surface area contributed by atoms with E-state index in [-0.39, 0.29) is 5.41 Å². The molecular formula is C35H29N3S. The molecule has 3 nitrogen and oxygen atoms in total. The van der Waals surface area contributed by atoms with E-state index in [4.69, 9.17) is 9.97 Å². The highest BCUT2D eigenvalue weighted by atomic mass is 32.1. The summed E-state index contributed by atoms with van der Waals surface area (Å²) >= 11 is 1.85. The molecule has 0 aliphatic heterocycles. The summed E-state index contributed by atoms with van der Waals surface area (Å²) in [6.45, 7) is 8.79. The molecule has 4 aromatic carbocycles. The number of aromatic nitrogens is 3. The van der Waals surface area contributed by atoms with E-state index in [0.717, 1.165) is 33.9 Å². The van der Waals surface area contributed by atoms with E-state index in [1.807, 2.05) is 11.3 Å². The Morgan fingerprint density at radius 1 is 0.718 bits per heavy atom. The van der Waals surface area contributed by atoms with Gasteiger partial charge in [0.05, 0.1) is 5.52 Å².